The zero-order chi connectivity index (χ0) is 47.5. The zero-order valence-electron chi connectivity index (χ0n) is 32.3. The number of ketones is 1. The van der Waals surface area contributed by atoms with E-state index in [1.54, 1.807) is 6.20 Å². The van der Waals surface area contributed by atoms with Crippen molar-refractivity contribution in [2.24, 2.45) is 0 Å². The molecule has 0 atom stereocenters. The number of aromatic nitrogens is 4. The quantitative estimate of drug-likeness (QED) is 0.0491. The molecule has 0 radical (unpaired) electrons. The molecule has 0 aliphatic carbocycles. The molecule has 5 aromatic rings. The first-order valence-corrected chi connectivity index (χ1v) is 21.4. The number of amides is 1. The molecule has 0 N–H and O–H groups in total. The van der Waals surface area contributed by atoms with E-state index in [4.69, 9.17) is 4.74 Å². The molecule has 0 unspecified atom stereocenters. The summed E-state index contributed by atoms with van der Waals surface area (Å²) in [4.78, 5) is 49.9. The van der Waals surface area contributed by atoms with Crippen LogP contribution < -0.4 is 0 Å². The van der Waals surface area contributed by atoms with Gasteiger partial charge in [-0.15, -0.1) is 13.2 Å². The number of rotatable bonds is 8. The third-order valence-electron chi connectivity index (χ3n) is 7.40. The number of halogens is 13. The Morgan fingerprint density at radius 2 is 1.08 bits per heavy atom. The first-order chi connectivity index (χ1) is 29.6. The number of Topliss-reactive ketones (excluding diaryl/α,β-unsaturated/α-hetero) is 1. The SMILES string of the molecule is Brc1ccc(Br)nc1.C=C.CCOC(=O)C(F)(F)c1ccc(Br)cn1.O=C(N1CCOCC1)C(F)(F)c1ccc(Br)cn1.O=C(c1ccc(F)cc1F)C(F)(F)c1ccc(Br)cn1. The fourth-order valence-corrected chi connectivity index (χ4v) is 5.58. The van der Waals surface area contributed by atoms with Crippen LogP contribution in [0, 0.1) is 11.6 Å². The molecule has 10 nitrogen and oxygen atoms in total. The van der Waals surface area contributed by atoms with Crippen LogP contribution in [0.4, 0.5) is 35.1 Å². The molecule has 0 spiro atoms. The summed E-state index contributed by atoms with van der Waals surface area (Å²) >= 11 is 15.7. The minimum atomic E-state index is -4.00. The van der Waals surface area contributed by atoms with Crippen LogP contribution in [0.1, 0.15) is 34.4 Å². The molecule has 5 heterocycles. The van der Waals surface area contributed by atoms with Gasteiger partial charge in [-0.25, -0.2) is 18.6 Å². The molecule has 1 aromatic carbocycles. The Morgan fingerprint density at radius 3 is 1.46 bits per heavy atom. The lowest BCUT2D eigenvalue weighted by molar-refractivity contribution is -0.173. The molecular formula is C40H32Br5F8N5O5. The third-order valence-corrected chi connectivity index (χ3v) is 9.74. The molecule has 1 amide bonds. The van der Waals surface area contributed by atoms with Crippen molar-refractivity contribution >= 4 is 97.3 Å². The van der Waals surface area contributed by atoms with Gasteiger partial charge in [0.15, 0.2) is 0 Å². The molecule has 63 heavy (non-hydrogen) atoms. The lowest BCUT2D eigenvalue weighted by Crippen LogP contribution is -2.47. The van der Waals surface area contributed by atoms with Crippen molar-refractivity contribution in [3.8, 4) is 0 Å². The van der Waals surface area contributed by atoms with Gasteiger partial charge in [0.2, 0.25) is 5.78 Å². The predicted octanol–water partition coefficient (Wildman–Crippen LogP) is 11.8. The third kappa shape index (κ3) is 16.8. The van der Waals surface area contributed by atoms with E-state index < -0.39 is 69.7 Å². The van der Waals surface area contributed by atoms with Crippen LogP contribution in [0.2, 0.25) is 0 Å². The largest absolute Gasteiger partial charge is 0.461 e. The summed E-state index contributed by atoms with van der Waals surface area (Å²) in [6.07, 6.45) is 5.28. The molecule has 4 aromatic heterocycles. The Bertz CT molecular complexity index is 2220. The minimum absolute atomic E-state index is 0.0923. The predicted molar refractivity (Wildman–Crippen MR) is 233 cm³/mol. The first-order valence-electron chi connectivity index (χ1n) is 17.4. The van der Waals surface area contributed by atoms with Crippen LogP contribution in [0.5, 0.6) is 0 Å². The van der Waals surface area contributed by atoms with Crippen LogP contribution in [0.15, 0.2) is 127 Å². The zero-order valence-corrected chi connectivity index (χ0v) is 40.2. The highest BCUT2D eigenvalue weighted by atomic mass is 79.9. The molecule has 0 bridgehead atoms. The minimum Gasteiger partial charge on any atom is -0.461 e. The lowest BCUT2D eigenvalue weighted by atomic mass is 10.0. The van der Waals surface area contributed by atoms with Crippen molar-refractivity contribution in [2.45, 2.75) is 24.7 Å². The van der Waals surface area contributed by atoms with Gasteiger partial charge < -0.3 is 14.4 Å². The van der Waals surface area contributed by atoms with Crippen molar-refractivity contribution in [3.05, 3.63) is 161 Å². The maximum Gasteiger partial charge on any atom is 0.384 e. The van der Waals surface area contributed by atoms with E-state index in [1.807, 2.05) is 12.1 Å². The topological polar surface area (TPSA) is 124 Å². The summed E-state index contributed by atoms with van der Waals surface area (Å²) < 4.78 is 121. The summed E-state index contributed by atoms with van der Waals surface area (Å²) in [6, 6.07) is 12.9. The Balaban J connectivity index is 0.000000295. The van der Waals surface area contributed by atoms with Crippen molar-refractivity contribution in [1.82, 2.24) is 24.8 Å². The Labute approximate surface area is 397 Å². The Hall–Kier alpha value is -4.03. The molecule has 23 heteroatoms. The highest BCUT2D eigenvalue weighted by Gasteiger charge is 2.46. The number of morpholine rings is 1. The van der Waals surface area contributed by atoms with E-state index in [0.29, 0.717) is 25.6 Å². The van der Waals surface area contributed by atoms with E-state index in [1.165, 1.54) is 37.5 Å². The molecule has 1 aliphatic heterocycles. The van der Waals surface area contributed by atoms with Gasteiger partial charge in [-0.3, -0.25) is 24.5 Å². The Morgan fingerprint density at radius 1 is 0.651 bits per heavy atom. The Kier molecular flexibility index (Phi) is 22.8. The lowest BCUT2D eigenvalue weighted by Gasteiger charge is -2.29. The molecule has 1 fully saturated rings. The molecule has 1 saturated heterocycles. The van der Waals surface area contributed by atoms with Crippen molar-refractivity contribution < 1.29 is 59.0 Å². The average Bonchev–Trinajstić information content (AvgIpc) is 3.26. The number of carbonyl (C=O) groups excluding carboxylic acids is 3. The fraction of sp³-hybridized carbons (Fsp3) is 0.225. The van der Waals surface area contributed by atoms with E-state index in [-0.39, 0.29) is 32.9 Å². The number of hydrogen-bond donors (Lipinski definition) is 0. The van der Waals surface area contributed by atoms with Gasteiger partial charge in [0.25, 0.3) is 5.91 Å². The summed E-state index contributed by atoms with van der Waals surface area (Å²) in [6.45, 7) is 8.31. The number of benzene rings is 1. The van der Waals surface area contributed by atoms with Gasteiger partial charge in [-0.2, -0.15) is 26.3 Å². The number of ether oxygens (including phenoxy) is 2. The second-order valence-electron chi connectivity index (χ2n) is 11.7. The molecule has 0 saturated carbocycles. The van der Waals surface area contributed by atoms with Gasteiger partial charge >= 0.3 is 23.7 Å². The van der Waals surface area contributed by atoms with Gasteiger partial charge in [-0.1, -0.05) is 0 Å². The summed E-state index contributed by atoms with van der Waals surface area (Å²) in [5.74, 6) is -18.2. The molecule has 1 aliphatic rings. The highest BCUT2D eigenvalue weighted by Crippen LogP contribution is 2.33. The number of nitrogens with zero attached hydrogens (tertiary/aromatic N) is 5. The van der Waals surface area contributed by atoms with E-state index in [2.05, 4.69) is 117 Å². The summed E-state index contributed by atoms with van der Waals surface area (Å²) in [7, 11) is 0. The average molecular weight is 1210 g/mol. The number of alkyl halides is 6. The van der Waals surface area contributed by atoms with Gasteiger partial charge in [0.1, 0.15) is 33.3 Å². The van der Waals surface area contributed by atoms with Crippen LogP contribution in [-0.4, -0.2) is 75.4 Å². The monoisotopic (exact) mass is 1210 g/mol. The van der Waals surface area contributed by atoms with Crippen molar-refractivity contribution in [3.63, 3.8) is 0 Å². The fourth-order valence-electron chi connectivity index (χ4n) is 4.40. The van der Waals surface area contributed by atoms with E-state index >= 15 is 0 Å². The van der Waals surface area contributed by atoms with Gasteiger partial charge in [0.05, 0.1) is 25.4 Å². The molecule has 6 rings (SSSR count). The van der Waals surface area contributed by atoms with Crippen molar-refractivity contribution in [1.29, 1.82) is 0 Å². The second kappa shape index (κ2) is 26.1. The van der Waals surface area contributed by atoms with Crippen LogP contribution in [-0.2, 0) is 36.8 Å². The summed E-state index contributed by atoms with van der Waals surface area (Å²) in [5, 5.41) is 0. The maximum absolute atomic E-state index is 14.0. The summed E-state index contributed by atoms with van der Waals surface area (Å²) in [5.41, 5.74) is -2.86. The maximum atomic E-state index is 14.0. The number of esters is 1. The van der Waals surface area contributed by atoms with Gasteiger partial charge in [-0.05, 0) is 147 Å². The van der Waals surface area contributed by atoms with Crippen molar-refractivity contribution in [2.75, 3.05) is 32.9 Å². The molecular weight excluding hydrogens is 1180 g/mol. The second-order valence-corrected chi connectivity index (χ2v) is 16.2. The van der Waals surface area contributed by atoms with E-state index in [9.17, 15) is 49.5 Å². The highest BCUT2D eigenvalue weighted by molar-refractivity contribution is 9.11. The normalized spacial score (nSPS) is 12.3. The van der Waals surface area contributed by atoms with E-state index in [0.717, 1.165) is 44.4 Å². The van der Waals surface area contributed by atoms with Crippen LogP contribution in [0.3, 0.4) is 0 Å². The molecule has 338 valence electrons. The number of pyridine rings is 4. The number of carbonyl (C=O) groups is 3. The van der Waals surface area contributed by atoms with Crippen LogP contribution in [0.25, 0.3) is 0 Å². The standard InChI is InChI=1S/C13H6BrF4NO.C11H11BrF2N2O2.C9H8BrF2NO2.C5H3Br2N.C2H4/c14-7-1-4-11(19-6-7)13(17,18)12(20)9-3-2-8(15)5-10(9)16;12-8-1-2-9(15-7-8)11(13,14)10(17)16-3-5-18-6-4-16;1-2-15-8(14)9(11,12)7-4-3-6(10)5-13-7;6-4-1-2-5(7)8-3-4;1-2/h1-6H;1-2,7H,3-6H2;3-5H,2H2,1H3;1-3H;1-2H2. The van der Waals surface area contributed by atoms with Gasteiger partial charge in [0, 0.05) is 61.8 Å². The number of hydrogen-bond acceptors (Lipinski definition) is 9. The van der Waals surface area contributed by atoms with Crippen LogP contribution >= 0.6 is 79.6 Å². The smallest absolute Gasteiger partial charge is 0.384 e. The first kappa shape index (κ1) is 55.1.